The van der Waals surface area contributed by atoms with Crippen molar-refractivity contribution in [2.45, 2.75) is 4.57 Å². The van der Waals surface area contributed by atoms with Gasteiger partial charge in [-0.2, -0.15) is 0 Å². The predicted octanol–water partition coefficient (Wildman–Crippen LogP) is 2.66. The van der Waals surface area contributed by atoms with E-state index in [4.69, 9.17) is 0 Å². The van der Waals surface area contributed by atoms with Gasteiger partial charge in [0.25, 0.3) is 4.57 Å². The summed E-state index contributed by atoms with van der Waals surface area (Å²) in [6.07, 6.45) is 0. The molecule has 10 heavy (non-hydrogen) atoms. The third-order valence-electron chi connectivity index (χ3n) is 1.42. The number of halogens is 1. The standard InChI is InChI=1S/C7H5BrN2/c8-7(9-10-7)6-4-2-1-3-5-6/h1-5H/i9+1. The van der Waals surface area contributed by atoms with Crippen molar-refractivity contribution in [1.82, 2.24) is 0 Å². The van der Waals surface area contributed by atoms with Crippen molar-refractivity contribution >= 4 is 15.9 Å². The van der Waals surface area contributed by atoms with Crippen molar-refractivity contribution in [1.29, 1.82) is 0 Å². The fourth-order valence-electron chi connectivity index (χ4n) is 0.810. The highest BCUT2D eigenvalue weighted by Crippen LogP contribution is 2.45. The zero-order chi connectivity index (χ0) is 7.03. The van der Waals surface area contributed by atoms with Gasteiger partial charge < -0.3 is 0 Å². The van der Waals surface area contributed by atoms with Gasteiger partial charge in [0.15, 0.2) is 0 Å². The van der Waals surface area contributed by atoms with E-state index in [-0.39, 0.29) is 0 Å². The SMILES string of the molecule is BrC1(c2ccccc2)N=[15N]1. The Balaban J connectivity index is 2.36. The monoisotopic (exact) mass is 197 g/mol. The van der Waals surface area contributed by atoms with Crippen LogP contribution in [0.3, 0.4) is 0 Å². The molecule has 0 spiro atoms. The molecule has 0 saturated carbocycles. The quantitative estimate of drug-likeness (QED) is 0.376. The summed E-state index contributed by atoms with van der Waals surface area (Å²) < 4.78 is -0.395. The average molecular weight is 198 g/mol. The molecule has 1 atom stereocenters. The van der Waals surface area contributed by atoms with Crippen molar-refractivity contribution in [3.05, 3.63) is 35.9 Å². The molecular weight excluding hydrogens is 193 g/mol. The van der Waals surface area contributed by atoms with Crippen molar-refractivity contribution in [3.8, 4) is 0 Å². The Hall–Kier alpha value is -0.700. The van der Waals surface area contributed by atoms with E-state index in [1.54, 1.807) is 0 Å². The van der Waals surface area contributed by atoms with Crippen LogP contribution in [0.4, 0.5) is 0 Å². The normalized spacial score (nSPS) is 28.5. The molecule has 0 saturated heterocycles. The van der Waals surface area contributed by atoms with Gasteiger partial charge in [-0.15, -0.1) is 10.2 Å². The molecule has 1 heterocycles. The first kappa shape index (κ1) is 6.04. The van der Waals surface area contributed by atoms with E-state index < -0.39 is 4.57 Å². The molecular formula is C7H5BrN2. The summed E-state index contributed by atoms with van der Waals surface area (Å²) in [5.41, 5.74) is 1.09. The second-order valence-corrected chi connectivity index (χ2v) is 3.26. The summed E-state index contributed by atoms with van der Waals surface area (Å²) in [6.45, 7) is 0. The molecule has 0 aromatic heterocycles. The highest BCUT2D eigenvalue weighted by atomic mass is 79.9. The largest absolute Gasteiger partial charge is 0.269 e. The maximum absolute atomic E-state index is 3.85. The average Bonchev–Trinajstić information content (AvgIpc) is 2.72. The molecule has 50 valence electrons. The smallest absolute Gasteiger partial charge is 0.140 e. The van der Waals surface area contributed by atoms with Crippen LogP contribution in [0.2, 0.25) is 0 Å². The highest BCUT2D eigenvalue weighted by Gasteiger charge is 2.38. The third-order valence-corrected chi connectivity index (χ3v) is 2.19. The first-order chi connectivity index (χ1) is 4.81. The lowest BCUT2D eigenvalue weighted by Gasteiger charge is -1.98. The summed E-state index contributed by atoms with van der Waals surface area (Å²) in [7, 11) is 0. The number of benzene rings is 1. The second kappa shape index (κ2) is 1.89. The molecule has 0 bridgehead atoms. The minimum absolute atomic E-state index is 0.395. The van der Waals surface area contributed by atoms with Crippen LogP contribution in [0, 0.1) is 0 Å². The lowest BCUT2D eigenvalue weighted by atomic mass is 10.2. The van der Waals surface area contributed by atoms with Gasteiger partial charge in [0.1, 0.15) is 0 Å². The lowest BCUT2D eigenvalue weighted by molar-refractivity contribution is 0.984. The van der Waals surface area contributed by atoms with Gasteiger partial charge in [-0.25, -0.2) is 0 Å². The Kier molecular flexibility index (Phi) is 1.14. The summed E-state index contributed by atoms with van der Waals surface area (Å²) in [5, 5.41) is 7.69. The molecule has 1 unspecified atom stereocenters. The molecule has 2 nitrogen and oxygen atoms in total. The Labute approximate surface area is 67.1 Å². The van der Waals surface area contributed by atoms with Crippen LogP contribution in [-0.4, -0.2) is 0 Å². The van der Waals surface area contributed by atoms with E-state index in [9.17, 15) is 0 Å². The molecule has 1 aromatic rings. The zero-order valence-corrected chi connectivity index (χ0v) is 6.75. The van der Waals surface area contributed by atoms with Crippen LogP contribution >= 0.6 is 15.9 Å². The van der Waals surface area contributed by atoms with Crippen molar-refractivity contribution in [2.24, 2.45) is 10.2 Å². The molecule has 0 amide bonds. The van der Waals surface area contributed by atoms with Crippen LogP contribution in [0.5, 0.6) is 0 Å². The van der Waals surface area contributed by atoms with E-state index in [1.165, 1.54) is 0 Å². The van der Waals surface area contributed by atoms with E-state index in [1.807, 2.05) is 30.3 Å². The summed E-state index contributed by atoms with van der Waals surface area (Å²) >= 11 is 3.36. The molecule has 1 aliphatic rings. The van der Waals surface area contributed by atoms with Gasteiger partial charge >= 0.3 is 0 Å². The fraction of sp³-hybridized carbons (Fsp3) is 0.143. The Bertz CT molecular complexity index is 262. The van der Waals surface area contributed by atoms with E-state index in [0.717, 1.165) is 5.56 Å². The van der Waals surface area contributed by atoms with Crippen molar-refractivity contribution in [2.75, 3.05) is 0 Å². The van der Waals surface area contributed by atoms with E-state index in [2.05, 4.69) is 26.2 Å². The van der Waals surface area contributed by atoms with Gasteiger partial charge in [0.2, 0.25) is 0 Å². The van der Waals surface area contributed by atoms with Gasteiger partial charge in [-0.3, -0.25) is 0 Å². The first-order valence-electron chi connectivity index (χ1n) is 3.00. The van der Waals surface area contributed by atoms with Crippen LogP contribution in [-0.2, 0) is 4.57 Å². The molecule has 1 aromatic carbocycles. The minimum Gasteiger partial charge on any atom is -0.140 e. The highest BCUT2D eigenvalue weighted by molar-refractivity contribution is 9.09. The summed E-state index contributed by atoms with van der Waals surface area (Å²) in [5.74, 6) is 0. The van der Waals surface area contributed by atoms with Gasteiger partial charge in [-0.05, 0) is 15.9 Å². The molecule has 0 N–H and O–H groups in total. The molecule has 0 aliphatic carbocycles. The minimum atomic E-state index is -0.395. The Morgan fingerprint density at radius 3 is 2.20 bits per heavy atom. The maximum atomic E-state index is 3.85. The van der Waals surface area contributed by atoms with Crippen molar-refractivity contribution in [3.63, 3.8) is 0 Å². The first-order valence-corrected chi connectivity index (χ1v) is 3.79. The summed E-state index contributed by atoms with van der Waals surface area (Å²) in [4.78, 5) is 0. The number of hydrogen-bond donors (Lipinski definition) is 0. The number of alkyl halides is 1. The lowest BCUT2D eigenvalue weighted by Crippen LogP contribution is -1.94. The zero-order valence-electron chi connectivity index (χ0n) is 5.16. The number of rotatable bonds is 1. The second-order valence-electron chi connectivity index (χ2n) is 2.15. The topological polar surface area (TPSA) is 24.7 Å². The van der Waals surface area contributed by atoms with Crippen LogP contribution in [0.1, 0.15) is 5.56 Å². The molecule has 1 aliphatic heterocycles. The van der Waals surface area contributed by atoms with Crippen molar-refractivity contribution < 1.29 is 0 Å². The molecule has 0 radical (unpaired) electrons. The third kappa shape index (κ3) is 0.865. The van der Waals surface area contributed by atoms with Crippen LogP contribution in [0.15, 0.2) is 40.6 Å². The Morgan fingerprint density at radius 2 is 1.70 bits per heavy atom. The van der Waals surface area contributed by atoms with Gasteiger partial charge in [0.05, 0.1) is 0 Å². The predicted molar refractivity (Wildman–Crippen MR) is 41.9 cm³/mol. The molecule has 0 fully saturated rings. The fourth-order valence-corrected chi connectivity index (χ4v) is 1.15. The summed E-state index contributed by atoms with van der Waals surface area (Å²) in [6, 6.07) is 9.91. The van der Waals surface area contributed by atoms with Crippen LogP contribution < -0.4 is 0 Å². The number of hydrogen-bond acceptors (Lipinski definition) is 2. The van der Waals surface area contributed by atoms with Gasteiger partial charge in [-0.1, -0.05) is 30.3 Å². The van der Waals surface area contributed by atoms with E-state index in [0.29, 0.717) is 0 Å². The van der Waals surface area contributed by atoms with E-state index >= 15 is 0 Å². The van der Waals surface area contributed by atoms with Gasteiger partial charge in [0, 0.05) is 5.56 Å². The molecule has 3 heteroatoms. The Morgan fingerprint density at radius 1 is 1.10 bits per heavy atom. The number of nitrogens with zero attached hydrogens (tertiary/aromatic N) is 2. The molecule has 2 rings (SSSR count). The maximum Gasteiger partial charge on any atom is 0.269 e. The van der Waals surface area contributed by atoms with Crippen LogP contribution in [0.25, 0.3) is 0 Å².